The summed E-state index contributed by atoms with van der Waals surface area (Å²) >= 11 is 0. The molecule has 0 N–H and O–H groups in total. The zero-order valence-electron chi connectivity index (χ0n) is 20.5. The second-order valence-corrected chi connectivity index (χ2v) is 5.70. The zero-order valence-corrected chi connectivity index (χ0v) is 24.1. The van der Waals surface area contributed by atoms with E-state index in [9.17, 15) is 0 Å². The van der Waals surface area contributed by atoms with Crippen molar-refractivity contribution in [3.05, 3.63) is 123 Å². The first kappa shape index (κ1) is 45.7. The van der Waals surface area contributed by atoms with Crippen molar-refractivity contribution in [1.82, 2.24) is 0 Å². The largest absolute Gasteiger partial charge is 0.358 e. The van der Waals surface area contributed by atoms with Gasteiger partial charge in [0.15, 0.2) is 0 Å². The van der Waals surface area contributed by atoms with E-state index in [1.54, 1.807) is 0 Å². The molecule has 28 heavy (non-hydrogen) atoms. The van der Waals surface area contributed by atoms with Crippen molar-refractivity contribution in [3.63, 3.8) is 0 Å². The summed E-state index contributed by atoms with van der Waals surface area (Å²) in [6.07, 6.45) is 6.89. The summed E-state index contributed by atoms with van der Waals surface area (Å²) in [6.45, 7) is 8.95. The third kappa shape index (κ3) is 11.9. The first-order valence-corrected chi connectivity index (χ1v) is 7.50. The van der Waals surface area contributed by atoms with Gasteiger partial charge in [0.05, 0.1) is 0 Å². The van der Waals surface area contributed by atoms with E-state index in [1.807, 2.05) is 30.3 Å². The van der Waals surface area contributed by atoms with E-state index < -0.39 is 0 Å². The summed E-state index contributed by atoms with van der Waals surface area (Å²) in [5.41, 5.74) is 5.65. The molecule has 1 heteroatoms. The predicted molar refractivity (Wildman–Crippen MR) is 133 cm³/mol. The second kappa shape index (κ2) is 22.5. The van der Waals surface area contributed by atoms with Gasteiger partial charge in [-0.3, -0.25) is 6.08 Å². The fourth-order valence-electron chi connectivity index (χ4n) is 2.55. The number of hydrogen-bond acceptors (Lipinski definition) is 0. The third-order valence-corrected chi connectivity index (χ3v) is 4.22. The van der Waals surface area contributed by atoms with Gasteiger partial charge in [0.25, 0.3) is 0 Å². The molecule has 1 aliphatic carbocycles. The van der Waals surface area contributed by atoms with E-state index in [4.69, 9.17) is 0 Å². The number of allylic oxidation sites excluding steroid dienone is 1. The number of benzene rings is 1. The van der Waals surface area contributed by atoms with Gasteiger partial charge in [0, 0.05) is 25.8 Å². The molecule has 0 fully saturated rings. The number of rotatable bonds is 2. The number of fused-ring (bicyclic) bond motifs is 1. The van der Waals surface area contributed by atoms with Crippen molar-refractivity contribution in [2.24, 2.45) is 5.92 Å². The van der Waals surface area contributed by atoms with Gasteiger partial charge in [-0.05, 0) is 13.8 Å². The van der Waals surface area contributed by atoms with Crippen LogP contribution in [0.3, 0.4) is 0 Å². The van der Waals surface area contributed by atoms with E-state index >= 15 is 0 Å². The minimum atomic E-state index is 0. The van der Waals surface area contributed by atoms with E-state index in [-0.39, 0.29) is 77.8 Å². The van der Waals surface area contributed by atoms with E-state index in [0.717, 1.165) is 0 Å². The van der Waals surface area contributed by atoms with E-state index in [1.165, 1.54) is 28.7 Å². The summed E-state index contributed by atoms with van der Waals surface area (Å²) in [6, 6.07) is 14.6. The Hall–Kier alpha value is -0.820. The Balaban J connectivity index is -0.0000000608. The first-order chi connectivity index (χ1) is 9.63. The fraction of sp³-hybridized carbons (Fsp3) is 0.259. The molecule has 0 saturated heterocycles. The average molecular weight is 548 g/mol. The molecular formula is C27H45Hf-9. The summed E-state index contributed by atoms with van der Waals surface area (Å²) < 4.78 is 0. The van der Waals surface area contributed by atoms with Gasteiger partial charge in [-0.25, -0.2) is 18.2 Å². The molecule has 0 bridgehead atoms. The molecule has 3 rings (SSSR count). The van der Waals surface area contributed by atoms with Crippen molar-refractivity contribution in [3.8, 4) is 0 Å². The monoisotopic (exact) mass is 549 g/mol. The molecule has 0 heterocycles. The Morgan fingerprint density at radius 1 is 0.893 bits per heavy atom. The van der Waals surface area contributed by atoms with Crippen molar-refractivity contribution in [2.75, 3.05) is 0 Å². The van der Waals surface area contributed by atoms with Crippen LogP contribution in [0, 0.1) is 77.8 Å². The molecule has 0 saturated carbocycles. The molecule has 2 unspecified atom stereocenters. The van der Waals surface area contributed by atoms with Crippen LogP contribution in [0.5, 0.6) is 0 Å². The molecule has 2 atom stereocenters. The van der Waals surface area contributed by atoms with Crippen molar-refractivity contribution < 1.29 is 25.8 Å². The maximum absolute atomic E-state index is 3.50. The molecule has 1 aliphatic rings. The summed E-state index contributed by atoms with van der Waals surface area (Å²) in [5, 5.41) is 0. The first-order valence-electron chi connectivity index (χ1n) is 7.50. The van der Waals surface area contributed by atoms with Gasteiger partial charge in [-0.1, -0.05) is 49.3 Å². The Kier molecular flexibility index (Phi) is 36.7. The Bertz CT molecular complexity index is 547. The standard InChI is InChI=1S/C15H19.C5H5.7CH3.Hf/c1-5-10(2)14-7-6-13-8-11(3)12(4)9-15(13)14;1-2-4-5-3-1;;;;;;;;/h6,8-10,14H,5H2,1-4H3;1-5H;7*1H3;/q9*-1;. The van der Waals surface area contributed by atoms with Crippen LogP contribution in [0.15, 0.2) is 42.5 Å². The SMILES string of the molecule is CCC(C)C1[C-]=Cc2cc(C)c(C)cc21.[CH3-].[CH3-].[CH3-].[CH3-].[CH3-].[CH3-].[CH3-].[Hf].c1cc[cH-]c1. The number of hydrogen-bond donors (Lipinski definition) is 0. The van der Waals surface area contributed by atoms with Crippen LogP contribution in [0.2, 0.25) is 0 Å². The Labute approximate surface area is 200 Å². The minimum Gasteiger partial charge on any atom is -0.358 e. The molecule has 0 spiro atoms. The van der Waals surface area contributed by atoms with Crippen LogP contribution in [0.4, 0.5) is 0 Å². The van der Waals surface area contributed by atoms with Crippen LogP contribution in [-0.2, 0) is 25.8 Å². The van der Waals surface area contributed by atoms with Crippen LogP contribution < -0.4 is 0 Å². The molecular weight excluding hydrogens is 503 g/mol. The number of aryl methyl sites for hydroxylation is 2. The van der Waals surface area contributed by atoms with E-state index in [0.29, 0.717) is 11.8 Å². The summed E-state index contributed by atoms with van der Waals surface area (Å²) in [4.78, 5) is 0. The van der Waals surface area contributed by atoms with Crippen LogP contribution in [0.25, 0.3) is 6.08 Å². The van der Waals surface area contributed by atoms with Gasteiger partial charge < -0.3 is 52.0 Å². The van der Waals surface area contributed by atoms with Gasteiger partial charge in [0.1, 0.15) is 0 Å². The molecule has 2 aromatic carbocycles. The molecule has 0 aliphatic heterocycles. The summed E-state index contributed by atoms with van der Waals surface area (Å²) in [7, 11) is 0. The molecule has 2 aromatic rings. The maximum atomic E-state index is 3.50. The molecule has 166 valence electrons. The average Bonchev–Trinajstić information content (AvgIpc) is 3.11. The van der Waals surface area contributed by atoms with Gasteiger partial charge in [-0.2, -0.15) is 23.8 Å². The topological polar surface area (TPSA) is 0 Å². The Morgan fingerprint density at radius 3 is 1.75 bits per heavy atom. The smallest absolute Gasteiger partial charge is 0 e. The summed E-state index contributed by atoms with van der Waals surface area (Å²) in [5.74, 6) is 1.22. The van der Waals surface area contributed by atoms with Gasteiger partial charge in [0.2, 0.25) is 0 Å². The fourth-order valence-corrected chi connectivity index (χ4v) is 2.55. The van der Waals surface area contributed by atoms with Crippen LogP contribution in [-0.4, -0.2) is 0 Å². The van der Waals surface area contributed by atoms with Crippen molar-refractivity contribution in [1.29, 1.82) is 0 Å². The van der Waals surface area contributed by atoms with Gasteiger partial charge >= 0.3 is 0 Å². The molecule has 0 radical (unpaired) electrons. The zero-order chi connectivity index (χ0) is 14.5. The van der Waals surface area contributed by atoms with Crippen LogP contribution >= 0.6 is 0 Å². The normalized spacial score (nSPS) is 12.4. The second-order valence-electron chi connectivity index (χ2n) is 5.70. The van der Waals surface area contributed by atoms with Crippen molar-refractivity contribution >= 4 is 6.08 Å². The quantitative estimate of drug-likeness (QED) is 0.260. The maximum Gasteiger partial charge on any atom is 0 e. The Morgan fingerprint density at radius 2 is 1.36 bits per heavy atom. The third-order valence-electron chi connectivity index (χ3n) is 4.22. The molecule has 0 nitrogen and oxygen atoms in total. The molecule has 0 amide bonds. The molecule has 0 aromatic heterocycles. The predicted octanol–water partition coefficient (Wildman–Crippen LogP) is 8.82. The van der Waals surface area contributed by atoms with Crippen molar-refractivity contribution in [2.45, 2.75) is 40.0 Å². The minimum absolute atomic E-state index is 0. The van der Waals surface area contributed by atoms with Gasteiger partial charge in [-0.15, -0.1) is 11.6 Å². The van der Waals surface area contributed by atoms with Crippen LogP contribution in [0.1, 0.15) is 48.4 Å². The van der Waals surface area contributed by atoms with E-state index in [2.05, 4.69) is 52.0 Å².